The first-order valence-electron chi connectivity index (χ1n) is 6.62. The van der Waals surface area contributed by atoms with Gasteiger partial charge in [-0.3, -0.25) is 9.69 Å². The Morgan fingerprint density at radius 3 is 1.90 bits per heavy atom. The molecule has 1 aliphatic heterocycles. The van der Waals surface area contributed by atoms with Crippen molar-refractivity contribution in [3.05, 3.63) is 78.7 Å². The fourth-order valence-corrected chi connectivity index (χ4v) is 2.88. The Morgan fingerprint density at radius 2 is 1.43 bits per heavy atom. The summed E-state index contributed by atoms with van der Waals surface area (Å²) >= 11 is 0. The summed E-state index contributed by atoms with van der Waals surface area (Å²) in [6, 6.07) is 18.3. The predicted molar refractivity (Wildman–Crippen MR) is 82.0 cm³/mol. The van der Waals surface area contributed by atoms with Gasteiger partial charge in [-0.1, -0.05) is 54.6 Å². The third-order valence-corrected chi connectivity index (χ3v) is 3.73. The molecule has 2 aromatic carbocycles. The number of Topliss-reactive ketones (excluding diaryl/α,β-unsaturated/α-hetero) is 1. The van der Waals surface area contributed by atoms with Gasteiger partial charge in [-0.25, -0.2) is 0 Å². The van der Waals surface area contributed by atoms with Crippen LogP contribution in [0.15, 0.2) is 54.6 Å². The molecule has 0 spiro atoms. The van der Waals surface area contributed by atoms with Crippen LogP contribution < -0.4 is 68.9 Å². The molecule has 0 amide bonds. The number of fused-ring (bicyclic) bond motifs is 1. The van der Waals surface area contributed by atoms with Crippen molar-refractivity contribution >= 4 is 5.78 Å². The Balaban J connectivity index is 0.00000110. The van der Waals surface area contributed by atoms with Crippen LogP contribution in [0.25, 0.3) is 0 Å². The van der Waals surface area contributed by atoms with Gasteiger partial charge in [-0.15, -0.1) is 0 Å². The summed E-state index contributed by atoms with van der Waals surface area (Å²) in [6.45, 7) is 3.39. The van der Waals surface area contributed by atoms with E-state index in [2.05, 4.69) is 29.2 Å². The van der Waals surface area contributed by atoms with Gasteiger partial charge < -0.3 is 7.43 Å². The van der Waals surface area contributed by atoms with E-state index in [4.69, 9.17) is 0 Å². The number of rotatable bonds is 3. The minimum Gasteiger partial charge on any atom is -0.358 e. The molecule has 0 saturated carbocycles. The van der Waals surface area contributed by atoms with E-state index in [0.29, 0.717) is 0 Å². The molecule has 2 aromatic rings. The van der Waals surface area contributed by atoms with Crippen LogP contribution in [0.1, 0.15) is 29.7 Å². The van der Waals surface area contributed by atoms with Gasteiger partial charge in [0.2, 0.25) is 0 Å². The van der Waals surface area contributed by atoms with Crippen molar-refractivity contribution in [1.82, 2.24) is 4.90 Å². The molecule has 21 heavy (non-hydrogen) atoms. The monoisotopic (exact) mass is 399 g/mol. The standard InChI is InChI=1S/C17H17NO.CH3.Cs/c1-13(19)17(14-7-3-2-4-8-14)18-11-15-9-5-6-10-16(15)12-18;;/h2-10,17H,11-12H2,1H3;1H3;/q;-1;+1. The zero-order chi connectivity index (χ0) is 13.2. The van der Waals surface area contributed by atoms with Crippen molar-refractivity contribution in [3.8, 4) is 0 Å². The van der Waals surface area contributed by atoms with Gasteiger partial charge in [0.15, 0.2) is 5.78 Å². The Labute approximate surface area is 186 Å². The van der Waals surface area contributed by atoms with E-state index in [-0.39, 0.29) is 88.1 Å². The topological polar surface area (TPSA) is 20.3 Å². The molecular weight excluding hydrogens is 379 g/mol. The van der Waals surface area contributed by atoms with Crippen molar-refractivity contribution in [2.45, 2.75) is 26.1 Å². The van der Waals surface area contributed by atoms with Gasteiger partial charge >= 0.3 is 68.9 Å². The third-order valence-electron chi connectivity index (χ3n) is 3.73. The zero-order valence-electron chi connectivity index (χ0n) is 13.0. The van der Waals surface area contributed by atoms with Gasteiger partial charge in [0.25, 0.3) is 0 Å². The van der Waals surface area contributed by atoms with Crippen LogP contribution in [0, 0.1) is 7.43 Å². The largest absolute Gasteiger partial charge is 1.00 e. The number of hydrogen-bond acceptors (Lipinski definition) is 2. The first kappa shape index (κ1) is 19.2. The normalized spacial score (nSPS) is 14.5. The van der Waals surface area contributed by atoms with Crippen LogP contribution >= 0.6 is 0 Å². The second kappa shape index (κ2) is 8.68. The van der Waals surface area contributed by atoms with E-state index in [0.717, 1.165) is 18.7 Å². The van der Waals surface area contributed by atoms with Crippen molar-refractivity contribution in [2.24, 2.45) is 0 Å². The van der Waals surface area contributed by atoms with E-state index < -0.39 is 0 Å². The van der Waals surface area contributed by atoms with Crippen molar-refractivity contribution in [2.75, 3.05) is 0 Å². The summed E-state index contributed by atoms with van der Waals surface area (Å²) in [5, 5.41) is 0. The van der Waals surface area contributed by atoms with Crippen molar-refractivity contribution in [3.63, 3.8) is 0 Å². The molecule has 0 bridgehead atoms. The Kier molecular flexibility index (Phi) is 7.92. The first-order valence-corrected chi connectivity index (χ1v) is 6.62. The van der Waals surface area contributed by atoms with Crippen molar-refractivity contribution in [1.29, 1.82) is 0 Å². The van der Waals surface area contributed by atoms with Crippen LogP contribution in [0.4, 0.5) is 0 Å². The Hall–Kier alpha value is 0.122. The van der Waals surface area contributed by atoms with E-state index >= 15 is 0 Å². The number of benzene rings is 2. The number of hydrogen-bond donors (Lipinski definition) is 0. The molecule has 1 heterocycles. The van der Waals surface area contributed by atoms with Gasteiger partial charge in [-0.05, 0) is 23.6 Å². The number of carbonyl (C=O) groups excluding carboxylic acids is 1. The third kappa shape index (κ3) is 4.32. The summed E-state index contributed by atoms with van der Waals surface area (Å²) in [5.41, 5.74) is 3.76. The van der Waals surface area contributed by atoms with Gasteiger partial charge in [0.05, 0.1) is 6.04 Å². The van der Waals surface area contributed by atoms with Gasteiger partial charge in [0, 0.05) is 13.1 Å². The Bertz CT molecular complexity index is 572. The van der Waals surface area contributed by atoms with Gasteiger partial charge in [-0.2, -0.15) is 0 Å². The van der Waals surface area contributed by atoms with Gasteiger partial charge in [0.1, 0.15) is 0 Å². The van der Waals surface area contributed by atoms with Crippen LogP contribution in [-0.4, -0.2) is 10.7 Å². The number of carbonyl (C=O) groups is 1. The fraction of sp³-hybridized carbons (Fsp3) is 0.222. The quantitative estimate of drug-likeness (QED) is 0.712. The molecule has 104 valence electrons. The molecule has 1 atom stereocenters. The maximum Gasteiger partial charge on any atom is 1.00 e. The predicted octanol–water partition coefficient (Wildman–Crippen LogP) is 0.787. The maximum absolute atomic E-state index is 12.0. The summed E-state index contributed by atoms with van der Waals surface area (Å²) in [7, 11) is 0. The van der Waals surface area contributed by atoms with E-state index in [9.17, 15) is 4.79 Å². The zero-order valence-corrected chi connectivity index (χ0v) is 19.3. The maximum atomic E-state index is 12.0. The van der Waals surface area contributed by atoms with E-state index in [1.165, 1.54) is 11.1 Å². The molecule has 1 unspecified atom stereocenters. The summed E-state index contributed by atoms with van der Waals surface area (Å²) in [6.07, 6.45) is 0. The molecule has 3 rings (SSSR count). The minimum atomic E-state index is -0.131. The summed E-state index contributed by atoms with van der Waals surface area (Å²) in [4.78, 5) is 14.3. The summed E-state index contributed by atoms with van der Waals surface area (Å²) in [5.74, 6) is 0.207. The minimum absolute atomic E-state index is 0. The molecule has 0 aliphatic carbocycles. The first-order chi connectivity index (χ1) is 9.25. The van der Waals surface area contributed by atoms with E-state index in [1.54, 1.807) is 6.92 Å². The smallest absolute Gasteiger partial charge is 0.358 e. The van der Waals surface area contributed by atoms with E-state index in [1.807, 2.05) is 30.3 Å². The average Bonchev–Trinajstić information content (AvgIpc) is 2.82. The molecule has 2 nitrogen and oxygen atoms in total. The molecule has 1 aliphatic rings. The number of nitrogens with zero attached hydrogens (tertiary/aromatic N) is 1. The molecule has 0 aromatic heterocycles. The second-order valence-electron chi connectivity index (χ2n) is 5.10. The second-order valence-corrected chi connectivity index (χ2v) is 5.10. The van der Waals surface area contributed by atoms with Crippen molar-refractivity contribution < 1.29 is 73.7 Å². The SMILES string of the molecule is CC(=O)C(c1ccccc1)N1Cc2ccccc2C1.[CH3-].[Cs+]. The van der Waals surface area contributed by atoms with Crippen LogP contribution in [0.2, 0.25) is 0 Å². The average molecular weight is 399 g/mol. The molecule has 3 heteroatoms. The number of ketones is 1. The molecule has 0 radical (unpaired) electrons. The molecule has 0 fully saturated rings. The molecular formula is C18H20CsNO. The Morgan fingerprint density at radius 1 is 0.952 bits per heavy atom. The fourth-order valence-electron chi connectivity index (χ4n) is 2.88. The van der Waals surface area contributed by atoms with Crippen LogP contribution in [0.5, 0.6) is 0 Å². The molecule has 0 N–H and O–H groups in total. The van der Waals surface area contributed by atoms with Crippen LogP contribution in [-0.2, 0) is 17.9 Å². The summed E-state index contributed by atoms with van der Waals surface area (Å²) < 4.78 is 0. The van der Waals surface area contributed by atoms with Crippen LogP contribution in [0.3, 0.4) is 0 Å². The molecule has 0 saturated heterocycles.